The number of aromatic nitrogens is 6. The molecule has 144 valence electrons. The zero-order valence-corrected chi connectivity index (χ0v) is 16.1. The maximum atomic E-state index is 9.49. The van der Waals surface area contributed by atoms with E-state index >= 15 is 0 Å². The normalized spacial score (nSPS) is 12.6. The molecule has 3 N–H and O–H groups in total. The lowest BCUT2D eigenvalue weighted by molar-refractivity contribution is 0.208. The van der Waals surface area contributed by atoms with Crippen molar-refractivity contribution < 1.29 is 5.11 Å². The van der Waals surface area contributed by atoms with Gasteiger partial charge in [0.25, 0.3) is 0 Å². The predicted octanol–water partition coefficient (Wildman–Crippen LogP) is 3.26. The second-order valence-corrected chi connectivity index (χ2v) is 7.10. The van der Waals surface area contributed by atoms with Crippen molar-refractivity contribution in [3.63, 3.8) is 0 Å². The Kier molecular flexibility index (Phi) is 4.79. The zero-order valence-electron chi connectivity index (χ0n) is 16.1. The molecule has 4 aromatic heterocycles. The van der Waals surface area contributed by atoms with Crippen LogP contribution in [0.25, 0.3) is 33.5 Å². The maximum absolute atomic E-state index is 9.49. The summed E-state index contributed by atoms with van der Waals surface area (Å²) in [5.41, 5.74) is 4.27. The fraction of sp³-hybridized carbons (Fsp3) is 0.300. The summed E-state index contributed by atoms with van der Waals surface area (Å²) in [5, 5.41) is 18.4. The van der Waals surface area contributed by atoms with Crippen LogP contribution in [0.3, 0.4) is 0 Å². The summed E-state index contributed by atoms with van der Waals surface area (Å²) in [6.07, 6.45) is 6.92. The number of hydrogen-bond donors (Lipinski definition) is 3. The quantitative estimate of drug-likeness (QED) is 0.476. The number of aliphatic hydroxyl groups excluding tert-OH is 1. The first-order valence-electron chi connectivity index (χ1n) is 9.29. The average molecular weight is 377 g/mol. The number of aromatic amines is 1. The van der Waals surface area contributed by atoms with Gasteiger partial charge in [-0.25, -0.2) is 15.0 Å². The van der Waals surface area contributed by atoms with Crippen LogP contribution in [0.15, 0.2) is 43.0 Å². The van der Waals surface area contributed by atoms with Crippen LogP contribution in [0, 0.1) is 0 Å². The Hall–Kier alpha value is -3.26. The van der Waals surface area contributed by atoms with Gasteiger partial charge < -0.3 is 15.4 Å². The zero-order chi connectivity index (χ0) is 19.7. The molecule has 0 fully saturated rings. The number of nitrogens with zero attached hydrogens (tertiary/aromatic N) is 5. The number of rotatable bonds is 6. The van der Waals surface area contributed by atoms with Crippen molar-refractivity contribution in [2.75, 3.05) is 11.9 Å². The Bertz CT molecular complexity index is 1100. The summed E-state index contributed by atoms with van der Waals surface area (Å²) in [7, 11) is 0. The average Bonchev–Trinajstić information content (AvgIpc) is 3.33. The minimum absolute atomic E-state index is 0.214. The highest BCUT2D eigenvalue weighted by Crippen LogP contribution is 2.32. The van der Waals surface area contributed by atoms with Crippen molar-refractivity contribution >= 4 is 17.0 Å². The second-order valence-electron chi connectivity index (χ2n) is 7.10. The number of pyridine rings is 1. The van der Waals surface area contributed by atoms with Gasteiger partial charge in [0.1, 0.15) is 11.3 Å². The largest absolute Gasteiger partial charge is 0.392 e. The molecule has 28 heavy (non-hydrogen) atoms. The van der Waals surface area contributed by atoms with Crippen LogP contribution in [-0.2, 0) is 0 Å². The molecule has 0 saturated carbocycles. The molecule has 8 nitrogen and oxygen atoms in total. The molecular formula is C20H23N7O. The Morgan fingerprint density at radius 1 is 1.21 bits per heavy atom. The summed E-state index contributed by atoms with van der Waals surface area (Å²) >= 11 is 0. The molecule has 4 heterocycles. The van der Waals surface area contributed by atoms with E-state index in [4.69, 9.17) is 5.10 Å². The summed E-state index contributed by atoms with van der Waals surface area (Å²) < 4.78 is 1.93. The number of anilines is 1. The van der Waals surface area contributed by atoms with Crippen LogP contribution in [-0.4, -0.2) is 47.5 Å². The first-order chi connectivity index (χ1) is 13.5. The highest BCUT2D eigenvalue weighted by molar-refractivity contribution is 5.85. The van der Waals surface area contributed by atoms with Crippen molar-refractivity contribution in [1.29, 1.82) is 0 Å². The first kappa shape index (κ1) is 18.1. The van der Waals surface area contributed by atoms with Crippen LogP contribution in [0.4, 0.5) is 5.95 Å². The smallest absolute Gasteiger partial charge is 0.223 e. The summed E-state index contributed by atoms with van der Waals surface area (Å²) in [4.78, 5) is 16.5. The van der Waals surface area contributed by atoms with Gasteiger partial charge in [-0.05, 0) is 39.0 Å². The van der Waals surface area contributed by atoms with E-state index in [0.717, 1.165) is 33.5 Å². The molecule has 1 atom stereocenters. The predicted molar refractivity (Wildman–Crippen MR) is 109 cm³/mol. The Balaban J connectivity index is 1.79. The lowest BCUT2D eigenvalue weighted by atomic mass is 10.1. The van der Waals surface area contributed by atoms with Gasteiger partial charge in [0.15, 0.2) is 0 Å². The number of hydrogen-bond acceptors (Lipinski definition) is 6. The van der Waals surface area contributed by atoms with Gasteiger partial charge in [0, 0.05) is 53.9 Å². The van der Waals surface area contributed by atoms with Crippen LogP contribution in [0.2, 0.25) is 0 Å². The third-order valence-corrected chi connectivity index (χ3v) is 4.42. The lowest BCUT2D eigenvalue weighted by Crippen LogP contribution is -2.16. The van der Waals surface area contributed by atoms with Crippen molar-refractivity contribution in [3.8, 4) is 22.5 Å². The minimum atomic E-state index is -0.481. The molecule has 0 aliphatic heterocycles. The van der Waals surface area contributed by atoms with E-state index in [2.05, 4.69) is 45.2 Å². The van der Waals surface area contributed by atoms with E-state index in [1.165, 1.54) is 0 Å². The highest BCUT2D eigenvalue weighted by Gasteiger charge is 2.17. The molecule has 4 rings (SSSR count). The first-order valence-corrected chi connectivity index (χ1v) is 9.29. The number of H-pyrrole nitrogens is 1. The van der Waals surface area contributed by atoms with Crippen molar-refractivity contribution in [2.45, 2.75) is 32.9 Å². The molecule has 0 unspecified atom stereocenters. The van der Waals surface area contributed by atoms with Crippen molar-refractivity contribution in [3.05, 3.63) is 43.0 Å². The molecule has 0 bridgehead atoms. The maximum Gasteiger partial charge on any atom is 0.223 e. The van der Waals surface area contributed by atoms with Crippen LogP contribution >= 0.6 is 0 Å². The number of aliphatic hydroxyl groups is 1. The molecule has 0 aliphatic rings. The molecule has 0 saturated heterocycles. The van der Waals surface area contributed by atoms with E-state index in [1.807, 2.05) is 35.4 Å². The molecule has 0 aliphatic carbocycles. The lowest BCUT2D eigenvalue weighted by Gasteiger charge is -2.08. The molecule has 4 aromatic rings. The summed E-state index contributed by atoms with van der Waals surface area (Å²) in [5.74, 6) is 0.473. The van der Waals surface area contributed by atoms with E-state index in [9.17, 15) is 5.11 Å². The SMILES string of the molecule is CC(C)n1cc(-c2ccnc(NC[C@H](C)O)n2)c(-c2cnc3[nH]ccc3c2)n1. The molecular weight excluding hydrogens is 354 g/mol. The molecule has 0 spiro atoms. The monoisotopic (exact) mass is 377 g/mol. The fourth-order valence-corrected chi connectivity index (χ4v) is 2.96. The Morgan fingerprint density at radius 3 is 2.86 bits per heavy atom. The van der Waals surface area contributed by atoms with Gasteiger partial charge in [-0.2, -0.15) is 5.10 Å². The van der Waals surface area contributed by atoms with Crippen LogP contribution in [0.5, 0.6) is 0 Å². The number of fused-ring (bicyclic) bond motifs is 1. The molecule has 0 amide bonds. The third-order valence-electron chi connectivity index (χ3n) is 4.42. The third kappa shape index (κ3) is 3.59. The van der Waals surface area contributed by atoms with E-state index in [-0.39, 0.29) is 6.04 Å². The fourth-order valence-electron chi connectivity index (χ4n) is 2.96. The van der Waals surface area contributed by atoms with Crippen LogP contribution < -0.4 is 5.32 Å². The van der Waals surface area contributed by atoms with Gasteiger partial charge in [0.2, 0.25) is 5.95 Å². The molecule has 8 heteroatoms. The minimum Gasteiger partial charge on any atom is -0.392 e. The summed E-state index contributed by atoms with van der Waals surface area (Å²) in [6.45, 7) is 6.27. The second kappa shape index (κ2) is 7.40. The van der Waals surface area contributed by atoms with Crippen LogP contribution in [0.1, 0.15) is 26.8 Å². The van der Waals surface area contributed by atoms with Gasteiger partial charge >= 0.3 is 0 Å². The van der Waals surface area contributed by atoms with Crippen molar-refractivity contribution in [1.82, 2.24) is 29.7 Å². The standard InChI is InChI=1S/C20H23N7O/c1-12(2)27-11-16(17-5-7-22-20(25-17)24-9-13(3)28)18(26-27)15-8-14-4-6-21-19(14)23-10-15/h4-8,10-13,28H,9H2,1-3H3,(H,21,23)(H,22,24,25)/t13-/m0/s1. The molecule has 0 radical (unpaired) electrons. The topological polar surface area (TPSA) is 105 Å². The van der Waals surface area contributed by atoms with Gasteiger partial charge in [-0.1, -0.05) is 0 Å². The number of nitrogens with one attached hydrogen (secondary N) is 2. The van der Waals surface area contributed by atoms with Gasteiger partial charge in [-0.15, -0.1) is 0 Å². The highest BCUT2D eigenvalue weighted by atomic mass is 16.3. The van der Waals surface area contributed by atoms with Gasteiger partial charge in [-0.3, -0.25) is 4.68 Å². The Morgan fingerprint density at radius 2 is 2.07 bits per heavy atom. The Labute approximate surface area is 162 Å². The van der Waals surface area contributed by atoms with E-state index in [1.54, 1.807) is 13.1 Å². The van der Waals surface area contributed by atoms with E-state index < -0.39 is 6.10 Å². The van der Waals surface area contributed by atoms with Gasteiger partial charge in [0.05, 0.1) is 11.8 Å². The summed E-state index contributed by atoms with van der Waals surface area (Å²) in [6, 6.07) is 6.14. The molecule has 0 aromatic carbocycles. The van der Waals surface area contributed by atoms with E-state index in [0.29, 0.717) is 12.5 Å². The van der Waals surface area contributed by atoms with Crippen molar-refractivity contribution in [2.24, 2.45) is 0 Å².